The SMILES string of the molecule is COC(=O)CCCN(C)C(=O)c1ccccc1C(F)(F)F. The van der Waals surface area contributed by atoms with Crippen LogP contribution in [0.25, 0.3) is 0 Å². The highest BCUT2D eigenvalue weighted by molar-refractivity contribution is 5.95. The highest BCUT2D eigenvalue weighted by atomic mass is 19.4. The van der Waals surface area contributed by atoms with E-state index in [2.05, 4.69) is 4.74 Å². The number of ether oxygens (including phenoxy) is 1. The molecule has 1 rings (SSSR count). The fourth-order valence-corrected chi connectivity index (χ4v) is 1.79. The first-order chi connectivity index (χ1) is 9.77. The van der Waals surface area contributed by atoms with Gasteiger partial charge in [-0.05, 0) is 18.6 Å². The van der Waals surface area contributed by atoms with Crippen LogP contribution >= 0.6 is 0 Å². The van der Waals surface area contributed by atoms with E-state index in [9.17, 15) is 22.8 Å². The number of esters is 1. The topological polar surface area (TPSA) is 46.6 Å². The largest absolute Gasteiger partial charge is 0.469 e. The van der Waals surface area contributed by atoms with Crippen LogP contribution in [-0.2, 0) is 15.7 Å². The van der Waals surface area contributed by atoms with Gasteiger partial charge < -0.3 is 9.64 Å². The number of rotatable bonds is 5. The van der Waals surface area contributed by atoms with E-state index >= 15 is 0 Å². The zero-order chi connectivity index (χ0) is 16.0. The van der Waals surface area contributed by atoms with E-state index in [-0.39, 0.29) is 13.0 Å². The maximum atomic E-state index is 12.8. The zero-order valence-electron chi connectivity index (χ0n) is 11.7. The molecule has 1 aromatic carbocycles. The van der Waals surface area contributed by atoms with Gasteiger partial charge in [-0.15, -0.1) is 0 Å². The molecule has 0 aliphatic heterocycles. The van der Waals surface area contributed by atoms with E-state index in [1.807, 2.05) is 0 Å². The first-order valence-corrected chi connectivity index (χ1v) is 6.26. The second kappa shape index (κ2) is 7.10. The molecule has 0 fully saturated rings. The standard InChI is InChI=1S/C14H16F3NO3/c1-18(9-5-8-12(19)21-2)13(20)10-6-3-4-7-11(10)14(15,16)17/h3-4,6-7H,5,8-9H2,1-2H3. The van der Waals surface area contributed by atoms with Crippen molar-refractivity contribution in [1.29, 1.82) is 0 Å². The number of hydrogen-bond acceptors (Lipinski definition) is 3. The molecular weight excluding hydrogens is 287 g/mol. The molecule has 4 nitrogen and oxygen atoms in total. The van der Waals surface area contributed by atoms with Crippen LogP contribution in [-0.4, -0.2) is 37.5 Å². The van der Waals surface area contributed by atoms with Crippen molar-refractivity contribution in [2.75, 3.05) is 20.7 Å². The van der Waals surface area contributed by atoms with Crippen LogP contribution in [0, 0.1) is 0 Å². The van der Waals surface area contributed by atoms with E-state index in [4.69, 9.17) is 0 Å². The van der Waals surface area contributed by atoms with Gasteiger partial charge in [0.15, 0.2) is 0 Å². The van der Waals surface area contributed by atoms with E-state index in [0.29, 0.717) is 6.42 Å². The number of carbonyl (C=O) groups is 2. The van der Waals surface area contributed by atoms with Crippen molar-refractivity contribution in [3.8, 4) is 0 Å². The first-order valence-electron chi connectivity index (χ1n) is 6.26. The quantitative estimate of drug-likeness (QED) is 0.786. The van der Waals surface area contributed by atoms with Crippen molar-refractivity contribution in [2.24, 2.45) is 0 Å². The summed E-state index contributed by atoms with van der Waals surface area (Å²) in [5.74, 6) is -1.15. The minimum absolute atomic E-state index is 0.106. The molecule has 7 heteroatoms. The second-order valence-corrected chi connectivity index (χ2v) is 4.45. The van der Waals surface area contributed by atoms with Gasteiger partial charge in [0.05, 0.1) is 18.2 Å². The lowest BCUT2D eigenvalue weighted by Gasteiger charge is -2.19. The van der Waals surface area contributed by atoms with E-state index in [1.54, 1.807) is 0 Å². The first kappa shape index (κ1) is 17.0. The minimum atomic E-state index is -4.58. The van der Waals surface area contributed by atoms with E-state index < -0.39 is 29.2 Å². The summed E-state index contributed by atoms with van der Waals surface area (Å²) in [5, 5.41) is 0. The van der Waals surface area contributed by atoms with Crippen LogP contribution < -0.4 is 0 Å². The fourth-order valence-electron chi connectivity index (χ4n) is 1.79. The Morgan fingerprint density at radius 2 is 1.86 bits per heavy atom. The van der Waals surface area contributed by atoms with Crippen LogP contribution in [0.2, 0.25) is 0 Å². The van der Waals surface area contributed by atoms with Gasteiger partial charge in [-0.1, -0.05) is 12.1 Å². The third-order valence-electron chi connectivity index (χ3n) is 2.91. The van der Waals surface area contributed by atoms with Gasteiger partial charge in [-0.3, -0.25) is 9.59 Å². The van der Waals surface area contributed by atoms with Crippen molar-refractivity contribution in [1.82, 2.24) is 4.90 Å². The van der Waals surface area contributed by atoms with Gasteiger partial charge in [-0.2, -0.15) is 13.2 Å². The van der Waals surface area contributed by atoms with Crippen molar-refractivity contribution < 1.29 is 27.5 Å². The van der Waals surface area contributed by atoms with Crippen LogP contribution in [0.1, 0.15) is 28.8 Å². The predicted octanol–water partition coefficient (Wildman–Crippen LogP) is 2.73. The molecule has 0 radical (unpaired) electrons. The number of benzene rings is 1. The number of hydrogen-bond donors (Lipinski definition) is 0. The number of amides is 1. The lowest BCUT2D eigenvalue weighted by Crippen LogP contribution is -2.30. The number of carbonyl (C=O) groups excluding carboxylic acids is 2. The van der Waals surface area contributed by atoms with Crippen LogP contribution in [0.15, 0.2) is 24.3 Å². The van der Waals surface area contributed by atoms with E-state index in [0.717, 1.165) is 17.0 Å². The molecule has 1 amide bonds. The molecule has 1 aromatic rings. The summed E-state index contributed by atoms with van der Waals surface area (Å²) in [4.78, 5) is 24.2. The van der Waals surface area contributed by atoms with Crippen molar-refractivity contribution >= 4 is 11.9 Å². The van der Waals surface area contributed by atoms with Gasteiger partial charge >= 0.3 is 12.1 Å². The Bertz CT molecular complexity index is 514. The van der Waals surface area contributed by atoms with Crippen LogP contribution in [0.3, 0.4) is 0 Å². The Balaban J connectivity index is 2.77. The number of nitrogens with zero attached hydrogens (tertiary/aromatic N) is 1. The summed E-state index contributed by atoms with van der Waals surface area (Å²) in [5.41, 5.74) is -1.36. The number of alkyl halides is 3. The second-order valence-electron chi connectivity index (χ2n) is 4.45. The molecule has 0 atom stereocenters. The lowest BCUT2D eigenvalue weighted by atomic mass is 10.1. The van der Waals surface area contributed by atoms with Crippen LogP contribution in [0.4, 0.5) is 13.2 Å². The zero-order valence-corrected chi connectivity index (χ0v) is 11.7. The minimum Gasteiger partial charge on any atom is -0.469 e. The maximum absolute atomic E-state index is 12.8. The molecule has 0 saturated carbocycles. The third-order valence-corrected chi connectivity index (χ3v) is 2.91. The summed E-state index contributed by atoms with van der Waals surface area (Å²) in [7, 11) is 2.64. The molecule has 0 spiro atoms. The number of halogens is 3. The Labute approximate surface area is 120 Å². The average Bonchev–Trinajstić information content (AvgIpc) is 2.45. The normalized spacial score (nSPS) is 11.1. The summed E-state index contributed by atoms with van der Waals surface area (Å²) in [6.45, 7) is 0.167. The molecule has 0 saturated heterocycles. The van der Waals surface area contributed by atoms with Crippen molar-refractivity contribution in [3.05, 3.63) is 35.4 Å². The Kier molecular flexibility index (Phi) is 5.75. The smallest absolute Gasteiger partial charge is 0.417 e. The van der Waals surface area contributed by atoms with Gasteiger partial charge in [-0.25, -0.2) is 0 Å². The molecule has 116 valence electrons. The third kappa shape index (κ3) is 4.77. The van der Waals surface area contributed by atoms with Crippen molar-refractivity contribution in [3.63, 3.8) is 0 Å². The highest BCUT2D eigenvalue weighted by Crippen LogP contribution is 2.32. The predicted molar refractivity (Wildman–Crippen MR) is 69.7 cm³/mol. The molecule has 0 aromatic heterocycles. The fraction of sp³-hybridized carbons (Fsp3) is 0.429. The maximum Gasteiger partial charge on any atom is 0.417 e. The van der Waals surface area contributed by atoms with Gasteiger partial charge in [0.2, 0.25) is 0 Å². The van der Waals surface area contributed by atoms with Gasteiger partial charge in [0.25, 0.3) is 5.91 Å². The molecule has 0 aliphatic carbocycles. The molecule has 0 unspecified atom stereocenters. The van der Waals surface area contributed by atoms with E-state index in [1.165, 1.54) is 26.3 Å². The molecule has 21 heavy (non-hydrogen) atoms. The molecular formula is C14H16F3NO3. The Hall–Kier alpha value is -2.05. The molecule has 0 heterocycles. The molecule has 0 N–H and O–H groups in total. The van der Waals surface area contributed by atoms with Gasteiger partial charge in [0, 0.05) is 20.0 Å². The summed E-state index contributed by atoms with van der Waals surface area (Å²) < 4.78 is 43.0. The Morgan fingerprint density at radius 1 is 1.24 bits per heavy atom. The highest BCUT2D eigenvalue weighted by Gasteiger charge is 2.35. The number of methoxy groups -OCH3 is 1. The Morgan fingerprint density at radius 3 is 2.43 bits per heavy atom. The lowest BCUT2D eigenvalue weighted by molar-refractivity contribution is -0.140. The van der Waals surface area contributed by atoms with Crippen molar-refractivity contribution in [2.45, 2.75) is 19.0 Å². The van der Waals surface area contributed by atoms with Crippen LogP contribution in [0.5, 0.6) is 0 Å². The molecule has 0 bridgehead atoms. The monoisotopic (exact) mass is 303 g/mol. The van der Waals surface area contributed by atoms with Gasteiger partial charge in [0.1, 0.15) is 0 Å². The average molecular weight is 303 g/mol. The molecule has 0 aliphatic rings. The summed E-state index contributed by atoms with van der Waals surface area (Å²) >= 11 is 0. The summed E-state index contributed by atoms with van der Waals surface area (Å²) in [6, 6.07) is 4.62. The summed E-state index contributed by atoms with van der Waals surface area (Å²) in [6.07, 6.45) is -4.16.